The molecule has 0 fully saturated rings. The van der Waals surface area contributed by atoms with Gasteiger partial charge in [0.15, 0.2) is 0 Å². The van der Waals surface area contributed by atoms with E-state index in [0.717, 1.165) is 38.5 Å². The second-order valence-electron chi connectivity index (χ2n) is 6.86. The fourth-order valence-corrected chi connectivity index (χ4v) is 4.12. The molecular formula is C21H23NO. The topological polar surface area (TPSA) is 29.1 Å². The van der Waals surface area contributed by atoms with Crippen molar-refractivity contribution in [1.29, 1.82) is 0 Å². The number of benzene rings is 2. The molecule has 0 spiro atoms. The molecule has 2 aliphatic carbocycles. The quantitative estimate of drug-likeness (QED) is 0.893. The van der Waals surface area contributed by atoms with Crippen molar-refractivity contribution in [2.75, 3.05) is 0 Å². The molecule has 4 rings (SSSR count). The molecule has 0 aromatic heterocycles. The second-order valence-corrected chi connectivity index (χ2v) is 6.86. The molecule has 118 valence electrons. The van der Waals surface area contributed by atoms with Crippen LogP contribution in [0.1, 0.15) is 47.6 Å². The smallest absolute Gasteiger partial charge is 0.223 e. The molecule has 0 bridgehead atoms. The van der Waals surface area contributed by atoms with E-state index in [2.05, 4.69) is 53.8 Å². The highest BCUT2D eigenvalue weighted by Gasteiger charge is 2.28. The predicted octanol–water partition coefficient (Wildman–Crippen LogP) is 3.99. The SMILES string of the molecule is O=C(N[C@@H]1CCCc2ccccc21)C1CCc2ccccc2C1. The third kappa shape index (κ3) is 2.90. The van der Waals surface area contributed by atoms with E-state index in [1.54, 1.807) is 0 Å². The summed E-state index contributed by atoms with van der Waals surface area (Å²) in [5.74, 6) is 0.361. The lowest BCUT2D eigenvalue weighted by Crippen LogP contribution is -2.37. The summed E-state index contributed by atoms with van der Waals surface area (Å²) >= 11 is 0. The van der Waals surface area contributed by atoms with Crippen molar-refractivity contribution < 1.29 is 4.79 Å². The summed E-state index contributed by atoms with van der Waals surface area (Å²) in [6, 6.07) is 17.3. The minimum atomic E-state index is 0.124. The molecule has 2 aromatic rings. The van der Waals surface area contributed by atoms with Gasteiger partial charge in [-0.2, -0.15) is 0 Å². The van der Waals surface area contributed by atoms with Gasteiger partial charge in [0, 0.05) is 5.92 Å². The van der Waals surface area contributed by atoms with Gasteiger partial charge in [0.2, 0.25) is 5.91 Å². The second kappa shape index (κ2) is 6.19. The highest BCUT2D eigenvalue weighted by Crippen LogP contribution is 2.31. The first kappa shape index (κ1) is 14.5. The van der Waals surface area contributed by atoms with Gasteiger partial charge in [-0.3, -0.25) is 4.79 Å². The lowest BCUT2D eigenvalue weighted by Gasteiger charge is -2.30. The normalized spacial score (nSPS) is 22.8. The van der Waals surface area contributed by atoms with Crippen LogP contribution in [-0.4, -0.2) is 5.91 Å². The Bertz CT molecular complexity index is 721. The Morgan fingerprint density at radius 2 is 1.61 bits per heavy atom. The van der Waals surface area contributed by atoms with E-state index in [4.69, 9.17) is 0 Å². The highest BCUT2D eigenvalue weighted by atomic mass is 16.1. The van der Waals surface area contributed by atoms with Crippen LogP contribution in [0.25, 0.3) is 0 Å². The van der Waals surface area contributed by atoms with Gasteiger partial charge in [0.25, 0.3) is 0 Å². The zero-order valence-electron chi connectivity index (χ0n) is 13.4. The van der Waals surface area contributed by atoms with Crippen molar-refractivity contribution in [3.8, 4) is 0 Å². The number of hydrogen-bond donors (Lipinski definition) is 1. The first-order chi connectivity index (χ1) is 11.3. The van der Waals surface area contributed by atoms with Crippen LogP contribution in [0.3, 0.4) is 0 Å². The molecule has 0 saturated carbocycles. The van der Waals surface area contributed by atoms with E-state index < -0.39 is 0 Å². The third-order valence-corrected chi connectivity index (χ3v) is 5.40. The molecule has 0 aliphatic heterocycles. The number of carbonyl (C=O) groups is 1. The maximum Gasteiger partial charge on any atom is 0.223 e. The average molecular weight is 305 g/mol. The summed E-state index contributed by atoms with van der Waals surface area (Å²) in [4.78, 5) is 12.8. The van der Waals surface area contributed by atoms with Crippen LogP contribution in [0, 0.1) is 5.92 Å². The summed E-state index contributed by atoms with van der Waals surface area (Å²) < 4.78 is 0. The van der Waals surface area contributed by atoms with E-state index in [1.165, 1.54) is 22.3 Å². The van der Waals surface area contributed by atoms with Crippen molar-refractivity contribution in [3.05, 3.63) is 70.8 Å². The predicted molar refractivity (Wildman–Crippen MR) is 92.2 cm³/mol. The summed E-state index contributed by atoms with van der Waals surface area (Å²) in [5.41, 5.74) is 5.49. The summed E-state index contributed by atoms with van der Waals surface area (Å²) in [6.07, 6.45) is 6.24. The van der Waals surface area contributed by atoms with Crippen molar-refractivity contribution >= 4 is 5.91 Å². The van der Waals surface area contributed by atoms with E-state index >= 15 is 0 Å². The summed E-state index contributed by atoms with van der Waals surface area (Å²) in [6.45, 7) is 0. The molecule has 0 radical (unpaired) electrons. The van der Waals surface area contributed by atoms with Crippen LogP contribution in [0.5, 0.6) is 0 Å². The molecule has 1 N–H and O–H groups in total. The molecule has 2 atom stereocenters. The van der Waals surface area contributed by atoms with Gasteiger partial charge < -0.3 is 5.32 Å². The van der Waals surface area contributed by atoms with Crippen LogP contribution in [0.15, 0.2) is 48.5 Å². The molecular weight excluding hydrogens is 282 g/mol. The number of fused-ring (bicyclic) bond motifs is 2. The Kier molecular flexibility index (Phi) is 3.90. The highest BCUT2D eigenvalue weighted by molar-refractivity contribution is 5.80. The monoisotopic (exact) mass is 305 g/mol. The molecule has 2 nitrogen and oxygen atoms in total. The first-order valence-electron chi connectivity index (χ1n) is 8.76. The van der Waals surface area contributed by atoms with Gasteiger partial charge >= 0.3 is 0 Å². The fourth-order valence-electron chi connectivity index (χ4n) is 4.12. The number of rotatable bonds is 2. The minimum absolute atomic E-state index is 0.124. The molecule has 0 heterocycles. The van der Waals surface area contributed by atoms with Crippen molar-refractivity contribution in [2.45, 2.75) is 44.6 Å². The standard InChI is InChI=1S/C21H23NO/c23-21(18-13-12-15-6-1-2-8-17(15)14-18)22-20-11-5-9-16-7-3-4-10-19(16)20/h1-4,6-8,10,18,20H,5,9,11-14H2,(H,22,23)/t18?,20-/m1/s1. The first-order valence-corrected chi connectivity index (χ1v) is 8.76. The minimum Gasteiger partial charge on any atom is -0.349 e. The maximum absolute atomic E-state index is 12.8. The van der Waals surface area contributed by atoms with E-state index in [1.807, 2.05) is 0 Å². The Balaban J connectivity index is 1.47. The van der Waals surface area contributed by atoms with Crippen molar-refractivity contribution in [3.63, 3.8) is 0 Å². The van der Waals surface area contributed by atoms with Crippen molar-refractivity contribution in [1.82, 2.24) is 5.32 Å². The molecule has 0 saturated heterocycles. The van der Waals surface area contributed by atoms with Gasteiger partial charge in [-0.15, -0.1) is 0 Å². The molecule has 2 aromatic carbocycles. The number of hydrogen-bond acceptors (Lipinski definition) is 1. The van der Waals surface area contributed by atoms with Gasteiger partial charge in [-0.1, -0.05) is 48.5 Å². The Hall–Kier alpha value is -2.09. The largest absolute Gasteiger partial charge is 0.349 e. The number of aryl methyl sites for hydroxylation is 2. The summed E-state index contributed by atoms with van der Waals surface area (Å²) in [7, 11) is 0. The molecule has 23 heavy (non-hydrogen) atoms. The molecule has 1 unspecified atom stereocenters. The lowest BCUT2D eigenvalue weighted by atomic mass is 9.82. The molecule has 2 aliphatic rings. The zero-order chi connectivity index (χ0) is 15.6. The molecule has 2 heteroatoms. The van der Waals surface area contributed by atoms with Crippen LogP contribution >= 0.6 is 0 Å². The zero-order valence-corrected chi connectivity index (χ0v) is 13.4. The number of amides is 1. The van der Waals surface area contributed by atoms with Crippen LogP contribution in [-0.2, 0) is 24.1 Å². The summed E-state index contributed by atoms with van der Waals surface area (Å²) in [5, 5.41) is 3.34. The van der Waals surface area contributed by atoms with E-state index in [-0.39, 0.29) is 17.9 Å². The van der Waals surface area contributed by atoms with Crippen molar-refractivity contribution in [2.24, 2.45) is 5.92 Å². The maximum atomic E-state index is 12.8. The number of carbonyl (C=O) groups excluding carboxylic acids is 1. The lowest BCUT2D eigenvalue weighted by molar-refractivity contribution is -0.126. The van der Waals surface area contributed by atoms with Gasteiger partial charge in [0.05, 0.1) is 6.04 Å². The molecule has 1 amide bonds. The van der Waals surface area contributed by atoms with Gasteiger partial charge in [0.1, 0.15) is 0 Å². The average Bonchev–Trinajstić information content (AvgIpc) is 2.61. The number of nitrogens with one attached hydrogen (secondary N) is 1. The van der Waals surface area contributed by atoms with E-state index in [9.17, 15) is 4.79 Å². The third-order valence-electron chi connectivity index (χ3n) is 5.40. The van der Waals surface area contributed by atoms with Crippen LogP contribution < -0.4 is 5.32 Å². The van der Waals surface area contributed by atoms with Crippen LogP contribution in [0.2, 0.25) is 0 Å². The van der Waals surface area contributed by atoms with Crippen LogP contribution in [0.4, 0.5) is 0 Å². The Morgan fingerprint density at radius 1 is 0.870 bits per heavy atom. The van der Waals surface area contributed by atoms with Gasteiger partial charge in [-0.25, -0.2) is 0 Å². The fraction of sp³-hybridized carbons (Fsp3) is 0.381. The van der Waals surface area contributed by atoms with Gasteiger partial charge in [-0.05, 0) is 60.8 Å². The Morgan fingerprint density at radius 3 is 2.48 bits per heavy atom. The Labute approximate surface area is 137 Å². The van der Waals surface area contributed by atoms with E-state index in [0.29, 0.717) is 0 Å².